The molecular weight excluding hydrogens is 268 g/mol. The summed E-state index contributed by atoms with van der Waals surface area (Å²) >= 11 is 0. The van der Waals surface area contributed by atoms with E-state index in [1.807, 2.05) is 12.1 Å². The topological polar surface area (TPSA) is 84.3 Å². The summed E-state index contributed by atoms with van der Waals surface area (Å²) in [5.41, 5.74) is 7.28. The lowest BCUT2D eigenvalue weighted by Crippen LogP contribution is -2.45. The number of likely N-dealkylation sites (N-methyl/N-ethyl adjacent to an activating group) is 2. The number of pyridine rings is 1. The van der Waals surface area contributed by atoms with Crippen LogP contribution in [0.1, 0.15) is 17.6 Å². The molecule has 2 aromatic rings. The highest BCUT2D eigenvalue weighted by Gasteiger charge is 2.28. The zero-order valence-corrected chi connectivity index (χ0v) is 12.4. The highest BCUT2D eigenvalue weighted by Crippen LogP contribution is 2.24. The molecule has 1 aliphatic heterocycles. The number of nitrogens with zero attached hydrogens (tertiary/aromatic N) is 5. The van der Waals surface area contributed by atoms with E-state index in [1.54, 1.807) is 6.20 Å². The molecule has 1 atom stereocenters. The molecule has 2 N–H and O–H groups in total. The first kappa shape index (κ1) is 14.1. The van der Waals surface area contributed by atoms with Crippen molar-refractivity contribution in [1.29, 1.82) is 0 Å². The van der Waals surface area contributed by atoms with Crippen molar-refractivity contribution in [1.82, 2.24) is 24.9 Å². The van der Waals surface area contributed by atoms with Gasteiger partial charge in [0.05, 0.1) is 11.7 Å². The van der Waals surface area contributed by atoms with Crippen LogP contribution in [-0.2, 0) is 6.54 Å². The first-order valence-electron chi connectivity index (χ1n) is 7.05. The number of piperazine rings is 1. The van der Waals surface area contributed by atoms with Gasteiger partial charge >= 0.3 is 0 Å². The maximum Gasteiger partial charge on any atom is 0.258 e. The lowest BCUT2D eigenvalue weighted by molar-refractivity contribution is 0.108. The fourth-order valence-electron chi connectivity index (χ4n) is 2.50. The minimum Gasteiger partial charge on any atom is -0.334 e. The summed E-state index contributed by atoms with van der Waals surface area (Å²) in [6.45, 7) is 3.35. The third-order valence-corrected chi connectivity index (χ3v) is 3.86. The molecule has 1 saturated heterocycles. The molecule has 3 rings (SSSR count). The number of hydrogen-bond donors (Lipinski definition) is 1. The van der Waals surface area contributed by atoms with Crippen molar-refractivity contribution in [3.8, 4) is 11.5 Å². The highest BCUT2D eigenvalue weighted by molar-refractivity contribution is 5.52. The van der Waals surface area contributed by atoms with Crippen molar-refractivity contribution in [2.45, 2.75) is 12.6 Å². The largest absolute Gasteiger partial charge is 0.334 e. The van der Waals surface area contributed by atoms with Gasteiger partial charge in [-0.05, 0) is 26.2 Å². The summed E-state index contributed by atoms with van der Waals surface area (Å²) in [5.74, 6) is 1.24. The third-order valence-electron chi connectivity index (χ3n) is 3.86. The normalized spacial score (nSPS) is 20.8. The van der Waals surface area contributed by atoms with Gasteiger partial charge in [-0.1, -0.05) is 5.16 Å². The van der Waals surface area contributed by atoms with E-state index >= 15 is 0 Å². The van der Waals surface area contributed by atoms with Crippen molar-refractivity contribution in [2.24, 2.45) is 5.73 Å². The number of aromatic nitrogens is 3. The average Bonchev–Trinajstić information content (AvgIpc) is 2.99. The van der Waals surface area contributed by atoms with E-state index in [0.717, 1.165) is 36.7 Å². The fraction of sp³-hybridized carbons (Fsp3) is 0.500. The summed E-state index contributed by atoms with van der Waals surface area (Å²) in [6, 6.07) is 3.90. The predicted octanol–water partition coefficient (Wildman–Crippen LogP) is 0.509. The Bertz CT molecular complexity index is 613. The molecule has 0 aliphatic carbocycles. The summed E-state index contributed by atoms with van der Waals surface area (Å²) in [5, 5.41) is 4.15. The second-order valence-electron chi connectivity index (χ2n) is 5.46. The summed E-state index contributed by atoms with van der Waals surface area (Å²) in [4.78, 5) is 13.3. The molecule has 2 aromatic heterocycles. The summed E-state index contributed by atoms with van der Waals surface area (Å²) in [7, 11) is 4.20. The Labute approximate surface area is 123 Å². The number of nitrogens with two attached hydrogens (primary N) is 1. The Hall–Kier alpha value is -1.83. The fourth-order valence-corrected chi connectivity index (χ4v) is 2.50. The Balaban J connectivity index is 1.85. The van der Waals surface area contributed by atoms with Crippen LogP contribution in [0.2, 0.25) is 0 Å². The van der Waals surface area contributed by atoms with Gasteiger partial charge < -0.3 is 15.2 Å². The van der Waals surface area contributed by atoms with E-state index in [9.17, 15) is 0 Å². The van der Waals surface area contributed by atoms with Crippen molar-refractivity contribution in [3.63, 3.8) is 0 Å². The van der Waals surface area contributed by atoms with Gasteiger partial charge in [0, 0.05) is 37.9 Å². The first-order chi connectivity index (χ1) is 10.2. The van der Waals surface area contributed by atoms with Crippen LogP contribution < -0.4 is 5.73 Å². The third kappa shape index (κ3) is 2.94. The first-order valence-corrected chi connectivity index (χ1v) is 7.05. The Kier molecular flexibility index (Phi) is 3.96. The average molecular weight is 288 g/mol. The van der Waals surface area contributed by atoms with Gasteiger partial charge in [-0.3, -0.25) is 9.88 Å². The Morgan fingerprint density at radius 1 is 1.38 bits per heavy atom. The van der Waals surface area contributed by atoms with Crippen LogP contribution in [0.4, 0.5) is 0 Å². The molecule has 112 valence electrons. The molecule has 1 unspecified atom stereocenters. The van der Waals surface area contributed by atoms with Crippen LogP contribution in [0.3, 0.4) is 0 Å². The van der Waals surface area contributed by atoms with Gasteiger partial charge in [0.2, 0.25) is 0 Å². The summed E-state index contributed by atoms with van der Waals surface area (Å²) < 4.78 is 5.41. The van der Waals surface area contributed by atoms with E-state index in [0.29, 0.717) is 12.4 Å². The molecule has 0 radical (unpaired) electrons. The maximum atomic E-state index is 5.61. The smallest absolute Gasteiger partial charge is 0.258 e. The van der Waals surface area contributed by atoms with Crippen LogP contribution in [0, 0.1) is 0 Å². The Morgan fingerprint density at radius 3 is 3.05 bits per heavy atom. The van der Waals surface area contributed by atoms with Gasteiger partial charge in [-0.2, -0.15) is 4.98 Å². The lowest BCUT2D eigenvalue weighted by atomic mass is 10.1. The molecule has 0 bridgehead atoms. The predicted molar refractivity (Wildman–Crippen MR) is 78.3 cm³/mol. The molecule has 0 spiro atoms. The molecule has 0 amide bonds. The molecule has 0 saturated carbocycles. The van der Waals surface area contributed by atoms with E-state index < -0.39 is 0 Å². The van der Waals surface area contributed by atoms with Crippen LogP contribution in [0.15, 0.2) is 22.9 Å². The minimum atomic E-state index is 0.164. The monoisotopic (exact) mass is 288 g/mol. The molecule has 0 aromatic carbocycles. The van der Waals surface area contributed by atoms with Crippen LogP contribution >= 0.6 is 0 Å². The summed E-state index contributed by atoms with van der Waals surface area (Å²) in [6.07, 6.45) is 1.71. The second kappa shape index (κ2) is 5.88. The van der Waals surface area contributed by atoms with Crippen LogP contribution in [0.25, 0.3) is 11.5 Å². The quantitative estimate of drug-likeness (QED) is 0.880. The van der Waals surface area contributed by atoms with E-state index in [2.05, 4.69) is 39.0 Å². The number of hydrogen-bond acceptors (Lipinski definition) is 7. The molecular formula is C14H20N6O. The van der Waals surface area contributed by atoms with E-state index in [-0.39, 0.29) is 6.04 Å². The Morgan fingerprint density at radius 2 is 2.24 bits per heavy atom. The molecule has 7 heteroatoms. The van der Waals surface area contributed by atoms with E-state index in [4.69, 9.17) is 10.3 Å². The van der Waals surface area contributed by atoms with Gasteiger partial charge in [-0.25, -0.2) is 0 Å². The lowest BCUT2D eigenvalue weighted by Gasteiger charge is -2.35. The van der Waals surface area contributed by atoms with E-state index in [1.165, 1.54) is 0 Å². The van der Waals surface area contributed by atoms with Gasteiger partial charge in [0.1, 0.15) is 0 Å². The highest BCUT2D eigenvalue weighted by atomic mass is 16.5. The maximum absolute atomic E-state index is 5.61. The van der Waals surface area contributed by atoms with Crippen molar-refractivity contribution >= 4 is 0 Å². The van der Waals surface area contributed by atoms with Gasteiger partial charge in [0.25, 0.3) is 5.89 Å². The van der Waals surface area contributed by atoms with Crippen molar-refractivity contribution < 1.29 is 4.52 Å². The van der Waals surface area contributed by atoms with Gasteiger partial charge in [-0.15, -0.1) is 0 Å². The SMILES string of the molecule is CN1CCN(C)C(c2noc(-c3ccnc(CN)c3)n2)C1. The molecule has 21 heavy (non-hydrogen) atoms. The zero-order valence-electron chi connectivity index (χ0n) is 12.4. The van der Waals surface area contributed by atoms with Crippen molar-refractivity contribution in [2.75, 3.05) is 33.7 Å². The van der Waals surface area contributed by atoms with Crippen molar-refractivity contribution in [3.05, 3.63) is 29.8 Å². The number of rotatable bonds is 3. The minimum absolute atomic E-state index is 0.164. The molecule has 1 fully saturated rings. The second-order valence-corrected chi connectivity index (χ2v) is 5.46. The van der Waals surface area contributed by atoms with Gasteiger partial charge in [0.15, 0.2) is 5.82 Å². The van der Waals surface area contributed by atoms with Crippen LogP contribution in [-0.4, -0.2) is 58.7 Å². The van der Waals surface area contributed by atoms with Crippen LogP contribution in [0.5, 0.6) is 0 Å². The molecule has 1 aliphatic rings. The molecule has 3 heterocycles. The molecule has 7 nitrogen and oxygen atoms in total. The zero-order chi connectivity index (χ0) is 14.8. The standard InChI is InChI=1S/C14H20N6O/c1-19-5-6-20(2)12(9-19)13-17-14(21-18-13)10-3-4-16-11(7-10)8-15/h3-4,7,12H,5-6,8-9,15H2,1-2H3.